The number of anilines is 3. The highest BCUT2D eigenvalue weighted by atomic mass is 32.2. The molecule has 0 aliphatic heterocycles. The van der Waals surface area contributed by atoms with E-state index in [9.17, 15) is 8.42 Å². The van der Waals surface area contributed by atoms with Gasteiger partial charge in [-0.15, -0.1) is 0 Å². The Bertz CT molecular complexity index is 991. The minimum Gasteiger partial charge on any atom is -0.492 e. The smallest absolute Gasteiger partial charge is 0.233 e. The summed E-state index contributed by atoms with van der Waals surface area (Å²) >= 11 is 0. The predicted octanol–water partition coefficient (Wildman–Crippen LogP) is 4.21. The lowest BCUT2D eigenvalue weighted by molar-refractivity contribution is 0.342. The molecule has 1 aromatic heterocycles. The molecule has 0 spiro atoms. The van der Waals surface area contributed by atoms with Gasteiger partial charge in [0.25, 0.3) is 0 Å². The monoisotopic (exact) mass is 397 g/mol. The molecule has 3 rings (SSSR count). The highest BCUT2D eigenvalue weighted by Gasteiger charge is 2.11. The van der Waals surface area contributed by atoms with Crippen molar-refractivity contribution >= 4 is 27.2 Å². The van der Waals surface area contributed by atoms with E-state index in [4.69, 9.17) is 4.74 Å². The Labute approximate surface area is 165 Å². The number of sulfonamides is 1. The van der Waals surface area contributed by atoms with E-state index >= 15 is 0 Å². The van der Waals surface area contributed by atoms with Crippen molar-refractivity contribution in [3.05, 3.63) is 78.5 Å². The van der Waals surface area contributed by atoms with Crippen molar-refractivity contribution in [3.8, 4) is 5.75 Å². The molecular weight excluding hydrogens is 374 g/mol. The van der Waals surface area contributed by atoms with Crippen LogP contribution in [0.5, 0.6) is 5.75 Å². The fourth-order valence-corrected chi connectivity index (χ4v) is 3.73. The number of benzene rings is 2. The number of pyridine rings is 1. The highest BCUT2D eigenvalue weighted by Crippen LogP contribution is 2.27. The van der Waals surface area contributed by atoms with Gasteiger partial charge in [0.2, 0.25) is 10.0 Å². The van der Waals surface area contributed by atoms with Gasteiger partial charge in [-0.25, -0.2) is 13.4 Å². The molecule has 0 radical (unpaired) electrons. The zero-order chi connectivity index (χ0) is 19.8. The first kappa shape index (κ1) is 19.7. The Hall–Kier alpha value is -3.06. The van der Waals surface area contributed by atoms with Crippen LogP contribution in [0.2, 0.25) is 0 Å². The third-order valence-electron chi connectivity index (χ3n) is 3.99. The Morgan fingerprint density at radius 2 is 1.71 bits per heavy atom. The number of para-hydroxylation sites is 2. The molecule has 0 unspecified atom stereocenters. The first-order valence-corrected chi connectivity index (χ1v) is 10.7. The standard InChI is InChI=1S/C21H23N3O3S/c1-2-27-20-11-7-6-10-19(20)23-21-13-12-18(16-22-21)24-28(25,26)15-14-17-8-4-3-5-9-17/h3-13,16,24H,2,14-15H2,1H3,(H,22,23). The number of hydrogen-bond donors (Lipinski definition) is 2. The summed E-state index contributed by atoms with van der Waals surface area (Å²) in [5.74, 6) is 1.34. The molecule has 3 aromatic rings. The van der Waals surface area contributed by atoms with Gasteiger partial charge < -0.3 is 10.1 Å². The first-order chi connectivity index (χ1) is 13.6. The van der Waals surface area contributed by atoms with Crippen LogP contribution in [0, 0.1) is 0 Å². The molecule has 28 heavy (non-hydrogen) atoms. The maximum atomic E-state index is 12.3. The summed E-state index contributed by atoms with van der Waals surface area (Å²) in [7, 11) is -3.45. The van der Waals surface area contributed by atoms with Crippen LogP contribution in [0.4, 0.5) is 17.2 Å². The number of ether oxygens (including phenoxy) is 1. The Morgan fingerprint density at radius 3 is 2.43 bits per heavy atom. The third kappa shape index (κ3) is 5.72. The molecule has 0 saturated carbocycles. The lowest BCUT2D eigenvalue weighted by Gasteiger charge is -2.12. The number of nitrogens with one attached hydrogen (secondary N) is 2. The summed E-state index contributed by atoms with van der Waals surface area (Å²) in [6.45, 7) is 2.49. The maximum Gasteiger partial charge on any atom is 0.233 e. The summed E-state index contributed by atoms with van der Waals surface area (Å²) in [4.78, 5) is 4.28. The van der Waals surface area contributed by atoms with E-state index in [-0.39, 0.29) is 5.75 Å². The quantitative estimate of drug-likeness (QED) is 0.565. The van der Waals surface area contributed by atoms with Gasteiger partial charge in [0.05, 0.1) is 29.9 Å². The van der Waals surface area contributed by atoms with Crippen molar-refractivity contribution in [2.45, 2.75) is 13.3 Å². The molecule has 2 aromatic carbocycles. The van der Waals surface area contributed by atoms with E-state index in [1.807, 2.05) is 61.5 Å². The van der Waals surface area contributed by atoms with Crippen molar-refractivity contribution in [1.82, 2.24) is 4.98 Å². The molecule has 0 fully saturated rings. The number of nitrogens with zero attached hydrogens (tertiary/aromatic N) is 1. The van der Waals surface area contributed by atoms with E-state index < -0.39 is 10.0 Å². The largest absolute Gasteiger partial charge is 0.492 e. The lowest BCUT2D eigenvalue weighted by Crippen LogP contribution is -2.18. The summed E-state index contributed by atoms with van der Waals surface area (Å²) in [5.41, 5.74) is 2.21. The molecule has 7 heteroatoms. The van der Waals surface area contributed by atoms with Gasteiger partial charge in [-0.3, -0.25) is 4.72 Å². The second kappa shape index (κ2) is 9.23. The van der Waals surface area contributed by atoms with Gasteiger partial charge >= 0.3 is 0 Å². The van der Waals surface area contributed by atoms with Crippen LogP contribution in [-0.4, -0.2) is 25.8 Å². The summed E-state index contributed by atoms with van der Waals surface area (Å²) in [6, 6.07) is 20.5. The lowest BCUT2D eigenvalue weighted by atomic mass is 10.2. The zero-order valence-corrected chi connectivity index (χ0v) is 16.4. The molecule has 0 saturated heterocycles. The van der Waals surface area contributed by atoms with Gasteiger partial charge in [0, 0.05) is 0 Å². The van der Waals surface area contributed by atoms with Gasteiger partial charge in [-0.2, -0.15) is 0 Å². The molecule has 6 nitrogen and oxygen atoms in total. The van der Waals surface area contributed by atoms with Crippen LogP contribution < -0.4 is 14.8 Å². The van der Waals surface area contributed by atoms with E-state index in [1.165, 1.54) is 6.20 Å². The Morgan fingerprint density at radius 1 is 0.964 bits per heavy atom. The minimum absolute atomic E-state index is 0.0126. The van der Waals surface area contributed by atoms with Crippen molar-refractivity contribution in [1.29, 1.82) is 0 Å². The Kier molecular flexibility index (Phi) is 6.49. The van der Waals surface area contributed by atoms with E-state index in [2.05, 4.69) is 15.0 Å². The molecule has 0 bridgehead atoms. The maximum absolute atomic E-state index is 12.3. The van der Waals surface area contributed by atoms with E-state index in [0.29, 0.717) is 24.5 Å². The first-order valence-electron chi connectivity index (χ1n) is 9.05. The van der Waals surface area contributed by atoms with Gasteiger partial charge in [0.1, 0.15) is 11.6 Å². The van der Waals surface area contributed by atoms with E-state index in [1.54, 1.807) is 12.1 Å². The van der Waals surface area contributed by atoms with Crippen molar-refractivity contribution in [2.75, 3.05) is 22.4 Å². The topological polar surface area (TPSA) is 80.3 Å². The molecule has 2 N–H and O–H groups in total. The number of hydrogen-bond acceptors (Lipinski definition) is 5. The van der Waals surface area contributed by atoms with Crippen LogP contribution in [0.3, 0.4) is 0 Å². The van der Waals surface area contributed by atoms with Crippen LogP contribution >= 0.6 is 0 Å². The molecule has 0 amide bonds. The number of aromatic nitrogens is 1. The van der Waals surface area contributed by atoms with Crippen LogP contribution in [0.1, 0.15) is 12.5 Å². The van der Waals surface area contributed by atoms with Gasteiger partial charge in [0.15, 0.2) is 0 Å². The average molecular weight is 398 g/mol. The highest BCUT2D eigenvalue weighted by molar-refractivity contribution is 7.92. The molecule has 0 aliphatic rings. The SMILES string of the molecule is CCOc1ccccc1Nc1ccc(NS(=O)(=O)CCc2ccccc2)cn1. The average Bonchev–Trinajstić information content (AvgIpc) is 2.70. The summed E-state index contributed by atoms with van der Waals surface area (Å²) in [5, 5.41) is 3.18. The van der Waals surface area contributed by atoms with Crippen molar-refractivity contribution < 1.29 is 13.2 Å². The fourth-order valence-electron chi connectivity index (χ4n) is 2.64. The molecule has 0 atom stereocenters. The van der Waals surface area contributed by atoms with E-state index in [0.717, 1.165) is 17.0 Å². The second-order valence-electron chi connectivity index (χ2n) is 6.14. The van der Waals surface area contributed by atoms with Crippen LogP contribution in [0.25, 0.3) is 0 Å². The minimum atomic E-state index is -3.45. The third-order valence-corrected chi connectivity index (χ3v) is 5.28. The second-order valence-corrected chi connectivity index (χ2v) is 7.98. The molecule has 146 valence electrons. The normalized spacial score (nSPS) is 11.0. The van der Waals surface area contributed by atoms with Crippen LogP contribution in [0.15, 0.2) is 72.9 Å². The van der Waals surface area contributed by atoms with Gasteiger partial charge in [-0.05, 0) is 43.2 Å². The number of aryl methyl sites for hydroxylation is 1. The van der Waals surface area contributed by atoms with Gasteiger partial charge in [-0.1, -0.05) is 42.5 Å². The summed E-state index contributed by atoms with van der Waals surface area (Å²) < 4.78 is 32.7. The molecular formula is C21H23N3O3S. The fraction of sp³-hybridized carbons (Fsp3) is 0.190. The predicted molar refractivity (Wildman–Crippen MR) is 113 cm³/mol. The Balaban J connectivity index is 1.61. The van der Waals surface area contributed by atoms with Crippen LogP contribution in [-0.2, 0) is 16.4 Å². The number of rotatable bonds is 9. The summed E-state index contributed by atoms with van der Waals surface area (Å²) in [6.07, 6.45) is 1.95. The van der Waals surface area contributed by atoms with Crippen molar-refractivity contribution in [2.24, 2.45) is 0 Å². The molecule has 0 aliphatic carbocycles. The van der Waals surface area contributed by atoms with Crippen molar-refractivity contribution in [3.63, 3.8) is 0 Å². The zero-order valence-electron chi connectivity index (χ0n) is 15.6. The molecule has 1 heterocycles.